The second-order valence-electron chi connectivity index (χ2n) is 6.74. The van der Waals surface area contributed by atoms with Crippen LogP contribution in [0.15, 0.2) is 6.07 Å². The Hall–Kier alpha value is -1.62. The van der Waals surface area contributed by atoms with Crippen molar-refractivity contribution in [3.63, 3.8) is 0 Å². The molecule has 0 aliphatic heterocycles. The summed E-state index contributed by atoms with van der Waals surface area (Å²) in [6, 6.07) is 2.77. The minimum atomic E-state index is 0.587. The zero-order chi connectivity index (χ0) is 16.0. The predicted octanol–water partition coefficient (Wildman–Crippen LogP) is 5.03. The number of aromatic nitrogens is 3. The molecule has 0 saturated heterocycles. The quantitative estimate of drug-likeness (QED) is 0.730. The number of aryl methyl sites for hydroxylation is 3. The van der Waals surface area contributed by atoms with Crippen LogP contribution in [0.4, 0.5) is 5.82 Å². The second kappa shape index (κ2) is 5.78. The van der Waals surface area contributed by atoms with Gasteiger partial charge in [0.2, 0.25) is 0 Å². The van der Waals surface area contributed by atoms with Gasteiger partial charge in [-0.2, -0.15) is 5.10 Å². The number of pyridine rings is 1. The molecule has 1 saturated carbocycles. The van der Waals surface area contributed by atoms with Crippen LogP contribution in [0, 0.1) is 13.8 Å². The van der Waals surface area contributed by atoms with Gasteiger partial charge in [-0.25, -0.2) is 4.98 Å². The molecule has 1 aliphatic rings. The molecule has 1 fully saturated rings. The first-order valence-corrected chi connectivity index (χ1v) is 9.53. The molecule has 1 aliphatic carbocycles. The molecule has 0 aromatic carbocycles. The number of rotatable bonds is 4. The van der Waals surface area contributed by atoms with Gasteiger partial charge in [0.1, 0.15) is 4.83 Å². The van der Waals surface area contributed by atoms with Gasteiger partial charge in [0.05, 0.1) is 10.2 Å². The lowest BCUT2D eigenvalue weighted by molar-refractivity contribution is 0.622. The fraction of sp³-hybridized carbons (Fsp3) is 0.556. The molecule has 0 atom stereocenters. The van der Waals surface area contributed by atoms with Gasteiger partial charge >= 0.3 is 0 Å². The Morgan fingerprint density at radius 2 is 2.09 bits per heavy atom. The average Bonchev–Trinajstić information content (AvgIpc) is 3.18. The molecule has 0 radical (unpaired) electrons. The van der Waals surface area contributed by atoms with E-state index in [9.17, 15) is 0 Å². The molecule has 122 valence electrons. The molecule has 5 heteroatoms. The minimum absolute atomic E-state index is 0.587. The van der Waals surface area contributed by atoms with E-state index in [0.717, 1.165) is 29.3 Å². The van der Waals surface area contributed by atoms with E-state index in [1.165, 1.54) is 46.8 Å². The standard InChI is InChI=1S/C18H24N4S/c1-4-9-22-15-14-11(2)10-12(3)19-18(14)23-16(15)17(21-22)20-13-7-5-6-8-13/h10,13H,4-9H2,1-3H3,(H,20,21). The summed E-state index contributed by atoms with van der Waals surface area (Å²) in [6.07, 6.45) is 6.30. The van der Waals surface area contributed by atoms with E-state index in [2.05, 4.69) is 36.8 Å². The van der Waals surface area contributed by atoms with Gasteiger partial charge in [-0.1, -0.05) is 19.8 Å². The summed E-state index contributed by atoms with van der Waals surface area (Å²) in [5, 5.41) is 9.90. The molecule has 3 aromatic heterocycles. The van der Waals surface area contributed by atoms with Gasteiger partial charge in [0.15, 0.2) is 5.82 Å². The van der Waals surface area contributed by atoms with Gasteiger partial charge in [0.25, 0.3) is 0 Å². The third-order valence-electron chi connectivity index (χ3n) is 4.79. The van der Waals surface area contributed by atoms with Crippen molar-refractivity contribution in [2.45, 2.75) is 65.5 Å². The van der Waals surface area contributed by atoms with Crippen LogP contribution in [0.3, 0.4) is 0 Å². The second-order valence-corrected chi connectivity index (χ2v) is 7.74. The van der Waals surface area contributed by atoms with Crippen molar-refractivity contribution in [1.82, 2.24) is 14.8 Å². The first-order valence-electron chi connectivity index (χ1n) is 8.71. The molecule has 0 bridgehead atoms. The van der Waals surface area contributed by atoms with Crippen molar-refractivity contribution in [3.8, 4) is 0 Å². The molecule has 3 aromatic rings. The summed E-state index contributed by atoms with van der Waals surface area (Å²) in [7, 11) is 0. The number of hydrogen-bond acceptors (Lipinski definition) is 4. The lowest BCUT2D eigenvalue weighted by Crippen LogP contribution is -2.15. The Labute approximate surface area is 140 Å². The van der Waals surface area contributed by atoms with E-state index in [4.69, 9.17) is 10.1 Å². The zero-order valence-corrected chi connectivity index (χ0v) is 15.0. The van der Waals surface area contributed by atoms with Crippen LogP contribution < -0.4 is 5.32 Å². The molecule has 0 amide bonds. The molecule has 1 N–H and O–H groups in total. The topological polar surface area (TPSA) is 42.7 Å². The van der Waals surface area contributed by atoms with Gasteiger partial charge in [-0.05, 0) is 44.7 Å². The van der Waals surface area contributed by atoms with Crippen molar-refractivity contribution in [1.29, 1.82) is 0 Å². The Morgan fingerprint density at radius 3 is 2.83 bits per heavy atom. The SMILES string of the molecule is CCCn1nc(NC2CCCC2)c2sc3nc(C)cc(C)c3c21. The Morgan fingerprint density at radius 1 is 1.30 bits per heavy atom. The highest BCUT2D eigenvalue weighted by Crippen LogP contribution is 2.40. The van der Waals surface area contributed by atoms with Crippen LogP contribution in [0.1, 0.15) is 50.3 Å². The van der Waals surface area contributed by atoms with Crippen LogP contribution in [0.2, 0.25) is 0 Å². The molecule has 0 unspecified atom stereocenters. The highest BCUT2D eigenvalue weighted by atomic mass is 32.1. The van der Waals surface area contributed by atoms with Crippen molar-refractivity contribution in [2.75, 3.05) is 5.32 Å². The van der Waals surface area contributed by atoms with E-state index in [0.29, 0.717) is 6.04 Å². The molecule has 4 nitrogen and oxygen atoms in total. The van der Waals surface area contributed by atoms with Crippen molar-refractivity contribution >= 4 is 37.6 Å². The summed E-state index contributed by atoms with van der Waals surface area (Å²) >= 11 is 1.79. The lowest BCUT2D eigenvalue weighted by atomic mass is 10.1. The minimum Gasteiger partial charge on any atom is -0.365 e. The monoisotopic (exact) mass is 328 g/mol. The summed E-state index contributed by atoms with van der Waals surface area (Å²) < 4.78 is 3.47. The summed E-state index contributed by atoms with van der Waals surface area (Å²) in [5.41, 5.74) is 3.68. The molecule has 0 spiro atoms. The number of thiophene rings is 1. The highest BCUT2D eigenvalue weighted by Gasteiger charge is 2.22. The van der Waals surface area contributed by atoms with Gasteiger partial charge in [0, 0.05) is 23.7 Å². The van der Waals surface area contributed by atoms with Crippen LogP contribution in [-0.4, -0.2) is 20.8 Å². The molecular weight excluding hydrogens is 304 g/mol. The molecule has 3 heterocycles. The summed E-state index contributed by atoms with van der Waals surface area (Å²) in [6.45, 7) is 7.44. The zero-order valence-electron chi connectivity index (χ0n) is 14.1. The van der Waals surface area contributed by atoms with Gasteiger partial charge in [-0.3, -0.25) is 4.68 Å². The Balaban J connectivity index is 1.91. The van der Waals surface area contributed by atoms with Gasteiger partial charge < -0.3 is 5.32 Å². The molecule has 23 heavy (non-hydrogen) atoms. The first kappa shape index (κ1) is 14.9. The lowest BCUT2D eigenvalue weighted by Gasteiger charge is -2.10. The predicted molar refractivity (Wildman–Crippen MR) is 98.6 cm³/mol. The molecule has 4 rings (SSSR count). The Kier molecular flexibility index (Phi) is 3.76. The maximum Gasteiger partial charge on any atom is 0.166 e. The van der Waals surface area contributed by atoms with Crippen LogP contribution in [0.25, 0.3) is 20.4 Å². The normalized spacial score (nSPS) is 16.0. The van der Waals surface area contributed by atoms with Crippen LogP contribution >= 0.6 is 11.3 Å². The Bertz CT molecular complexity index is 855. The van der Waals surface area contributed by atoms with Gasteiger partial charge in [-0.15, -0.1) is 11.3 Å². The number of anilines is 1. The number of nitrogens with zero attached hydrogens (tertiary/aromatic N) is 3. The first-order chi connectivity index (χ1) is 11.2. The molecular formula is C18H24N4S. The number of nitrogens with one attached hydrogen (secondary N) is 1. The average molecular weight is 328 g/mol. The smallest absolute Gasteiger partial charge is 0.166 e. The largest absolute Gasteiger partial charge is 0.365 e. The van der Waals surface area contributed by atoms with E-state index < -0.39 is 0 Å². The van der Waals surface area contributed by atoms with Crippen molar-refractivity contribution < 1.29 is 0 Å². The third-order valence-corrected chi connectivity index (χ3v) is 5.87. The highest BCUT2D eigenvalue weighted by molar-refractivity contribution is 7.26. The van der Waals surface area contributed by atoms with Crippen molar-refractivity contribution in [3.05, 3.63) is 17.3 Å². The summed E-state index contributed by atoms with van der Waals surface area (Å²) in [5.74, 6) is 1.07. The van der Waals surface area contributed by atoms with E-state index in [1.807, 2.05) is 0 Å². The maximum atomic E-state index is 4.90. The summed E-state index contributed by atoms with van der Waals surface area (Å²) in [4.78, 5) is 5.92. The number of hydrogen-bond donors (Lipinski definition) is 1. The van der Waals surface area contributed by atoms with Crippen LogP contribution in [-0.2, 0) is 6.54 Å². The number of fused-ring (bicyclic) bond motifs is 3. The fourth-order valence-corrected chi connectivity index (χ4v) is 5.02. The maximum absolute atomic E-state index is 4.90. The van der Waals surface area contributed by atoms with E-state index in [-0.39, 0.29) is 0 Å². The third kappa shape index (κ3) is 2.51. The van der Waals surface area contributed by atoms with E-state index >= 15 is 0 Å². The van der Waals surface area contributed by atoms with Crippen molar-refractivity contribution in [2.24, 2.45) is 0 Å². The van der Waals surface area contributed by atoms with E-state index in [1.54, 1.807) is 11.3 Å². The van der Waals surface area contributed by atoms with Crippen LogP contribution in [0.5, 0.6) is 0 Å². The fourth-order valence-electron chi connectivity index (χ4n) is 3.78.